The lowest BCUT2D eigenvalue weighted by molar-refractivity contribution is -0.123. The topological polar surface area (TPSA) is 36.9 Å². The van der Waals surface area contributed by atoms with E-state index in [4.69, 9.17) is 18.9 Å². The molecule has 0 amide bonds. The van der Waals surface area contributed by atoms with E-state index in [-0.39, 0.29) is 26.1 Å². The minimum Gasteiger partial charge on any atom is -0.353 e. The van der Waals surface area contributed by atoms with Gasteiger partial charge in [0.05, 0.1) is 0 Å². The minimum atomic E-state index is -0.0370. The van der Waals surface area contributed by atoms with Crippen LogP contribution in [0, 0.1) is 0 Å². The third-order valence-electron chi connectivity index (χ3n) is 1.61. The van der Waals surface area contributed by atoms with Crippen LogP contribution < -0.4 is 0 Å². The van der Waals surface area contributed by atoms with Crippen LogP contribution in [0.25, 0.3) is 0 Å². The fourth-order valence-corrected chi connectivity index (χ4v) is 1.04. The Hall–Kier alpha value is 0.190. The van der Waals surface area contributed by atoms with Gasteiger partial charge in [-0.1, -0.05) is 0 Å². The lowest BCUT2D eigenvalue weighted by Crippen LogP contribution is -2.11. The van der Waals surface area contributed by atoms with E-state index in [1.807, 2.05) is 41.5 Å². The van der Waals surface area contributed by atoms with Gasteiger partial charge in [-0.25, -0.2) is 0 Å². The van der Waals surface area contributed by atoms with E-state index in [1.165, 1.54) is 0 Å². The lowest BCUT2D eigenvalue weighted by atomic mass is 10.7. The van der Waals surface area contributed by atoms with Gasteiger partial charge in [0.1, 0.15) is 0 Å². The second-order valence-electron chi connectivity index (χ2n) is 2.96. The van der Waals surface area contributed by atoms with Crippen molar-refractivity contribution in [1.29, 1.82) is 0 Å². The Kier molecular flexibility index (Phi) is 24.4. The summed E-state index contributed by atoms with van der Waals surface area (Å²) in [6.45, 7) is 14.5. The van der Waals surface area contributed by atoms with Crippen LogP contribution in [-0.4, -0.2) is 39.0 Å². The Labute approximate surface area is 113 Å². The largest absolute Gasteiger partial charge is 0.353 e. The summed E-state index contributed by atoms with van der Waals surface area (Å²) in [5, 5.41) is 0. The standard InChI is InChI=1S/2C6H14O2.H2S/c2*1-4-7-6(3)8-5-2;/h2*6H,4-5H2,1-3H3;1H2. The molecular formula is C12H30O4S. The van der Waals surface area contributed by atoms with Gasteiger partial charge < -0.3 is 18.9 Å². The Morgan fingerprint density at radius 3 is 0.882 bits per heavy atom. The maximum atomic E-state index is 5.06. The fourth-order valence-electron chi connectivity index (χ4n) is 1.04. The zero-order chi connectivity index (χ0) is 12.8. The number of hydrogen-bond acceptors (Lipinski definition) is 4. The molecule has 0 aliphatic heterocycles. The number of rotatable bonds is 8. The first-order valence-corrected chi connectivity index (χ1v) is 6.08. The van der Waals surface area contributed by atoms with Crippen molar-refractivity contribution >= 4 is 13.5 Å². The third kappa shape index (κ3) is 21.9. The van der Waals surface area contributed by atoms with Crippen LogP contribution in [0.15, 0.2) is 0 Å². The molecule has 0 radical (unpaired) electrons. The molecule has 0 rings (SSSR count). The summed E-state index contributed by atoms with van der Waals surface area (Å²) in [5.74, 6) is 0. The smallest absolute Gasteiger partial charge is 0.154 e. The maximum Gasteiger partial charge on any atom is 0.154 e. The van der Waals surface area contributed by atoms with Crippen LogP contribution >= 0.6 is 13.5 Å². The van der Waals surface area contributed by atoms with Gasteiger partial charge in [0.2, 0.25) is 0 Å². The molecule has 0 fully saturated rings. The Morgan fingerprint density at radius 2 is 0.765 bits per heavy atom. The average Bonchev–Trinajstić information content (AvgIpc) is 2.20. The molecule has 17 heavy (non-hydrogen) atoms. The number of hydrogen-bond donors (Lipinski definition) is 0. The van der Waals surface area contributed by atoms with Gasteiger partial charge in [-0.3, -0.25) is 0 Å². The summed E-state index contributed by atoms with van der Waals surface area (Å²) in [4.78, 5) is 0. The molecule has 108 valence electrons. The van der Waals surface area contributed by atoms with Crippen molar-refractivity contribution in [3.63, 3.8) is 0 Å². The average molecular weight is 270 g/mol. The summed E-state index contributed by atoms with van der Waals surface area (Å²) < 4.78 is 20.2. The van der Waals surface area contributed by atoms with Crippen molar-refractivity contribution in [2.24, 2.45) is 0 Å². The SMILES string of the molecule is CCOC(C)OCC.CCOC(C)OCC.S. The molecule has 0 aromatic heterocycles. The van der Waals surface area contributed by atoms with Crippen molar-refractivity contribution in [2.75, 3.05) is 26.4 Å². The second-order valence-corrected chi connectivity index (χ2v) is 2.96. The Balaban J connectivity index is -0.000000218. The highest BCUT2D eigenvalue weighted by atomic mass is 32.1. The summed E-state index contributed by atoms with van der Waals surface area (Å²) in [6, 6.07) is 0. The summed E-state index contributed by atoms with van der Waals surface area (Å²) in [6.07, 6.45) is -0.0741. The highest BCUT2D eigenvalue weighted by Crippen LogP contribution is 1.91. The normalized spacial score (nSPS) is 9.88. The van der Waals surface area contributed by atoms with Gasteiger partial charge >= 0.3 is 0 Å². The molecule has 0 aromatic carbocycles. The van der Waals surface area contributed by atoms with E-state index in [0.717, 1.165) is 26.4 Å². The quantitative estimate of drug-likeness (QED) is 0.636. The first kappa shape index (κ1) is 22.4. The first-order valence-electron chi connectivity index (χ1n) is 6.08. The molecule has 0 atom stereocenters. The molecule has 0 unspecified atom stereocenters. The molecule has 5 heteroatoms. The van der Waals surface area contributed by atoms with E-state index >= 15 is 0 Å². The van der Waals surface area contributed by atoms with Crippen LogP contribution in [0.3, 0.4) is 0 Å². The van der Waals surface area contributed by atoms with Gasteiger partial charge in [0.25, 0.3) is 0 Å². The molecule has 0 aliphatic carbocycles. The monoisotopic (exact) mass is 270 g/mol. The van der Waals surface area contributed by atoms with Crippen molar-refractivity contribution in [2.45, 2.75) is 54.1 Å². The molecule has 0 aromatic rings. The van der Waals surface area contributed by atoms with E-state index < -0.39 is 0 Å². The van der Waals surface area contributed by atoms with Gasteiger partial charge in [-0.2, -0.15) is 13.5 Å². The summed E-state index contributed by atoms with van der Waals surface area (Å²) in [7, 11) is 0. The van der Waals surface area contributed by atoms with Crippen molar-refractivity contribution in [3.05, 3.63) is 0 Å². The fraction of sp³-hybridized carbons (Fsp3) is 1.00. The predicted molar refractivity (Wildman–Crippen MR) is 75.8 cm³/mol. The highest BCUT2D eigenvalue weighted by Gasteiger charge is 1.95. The maximum absolute atomic E-state index is 5.06. The van der Waals surface area contributed by atoms with Gasteiger partial charge in [0.15, 0.2) is 12.6 Å². The molecular weight excluding hydrogens is 240 g/mol. The molecule has 4 nitrogen and oxygen atoms in total. The molecule has 0 spiro atoms. The van der Waals surface area contributed by atoms with Gasteiger partial charge in [0, 0.05) is 26.4 Å². The molecule has 0 aliphatic rings. The second kappa shape index (κ2) is 18.6. The minimum absolute atomic E-state index is 0. The van der Waals surface area contributed by atoms with E-state index in [0.29, 0.717) is 0 Å². The van der Waals surface area contributed by atoms with Crippen LogP contribution in [0.1, 0.15) is 41.5 Å². The van der Waals surface area contributed by atoms with Crippen molar-refractivity contribution in [1.82, 2.24) is 0 Å². The number of ether oxygens (including phenoxy) is 4. The van der Waals surface area contributed by atoms with E-state index in [1.54, 1.807) is 0 Å². The van der Waals surface area contributed by atoms with Crippen LogP contribution in [-0.2, 0) is 18.9 Å². The lowest BCUT2D eigenvalue weighted by Gasteiger charge is -2.09. The van der Waals surface area contributed by atoms with E-state index in [9.17, 15) is 0 Å². The Bertz CT molecular complexity index is 99.1. The zero-order valence-corrected chi connectivity index (χ0v) is 13.1. The highest BCUT2D eigenvalue weighted by molar-refractivity contribution is 7.59. The Morgan fingerprint density at radius 1 is 0.588 bits per heavy atom. The van der Waals surface area contributed by atoms with Crippen molar-refractivity contribution < 1.29 is 18.9 Å². The van der Waals surface area contributed by atoms with E-state index in [2.05, 4.69) is 0 Å². The van der Waals surface area contributed by atoms with Crippen LogP contribution in [0.4, 0.5) is 0 Å². The molecule has 0 saturated heterocycles. The summed E-state index contributed by atoms with van der Waals surface area (Å²) in [5.41, 5.74) is 0. The first-order chi connectivity index (χ1) is 7.62. The zero-order valence-electron chi connectivity index (χ0n) is 12.1. The molecule has 0 bridgehead atoms. The van der Waals surface area contributed by atoms with Gasteiger partial charge in [-0.15, -0.1) is 0 Å². The molecule has 0 saturated carbocycles. The van der Waals surface area contributed by atoms with Crippen LogP contribution in [0.2, 0.25) is 0 Å². The summed E-state index contributed by atoms with van der Waals surface area (Å²) >= 11 is 0. The van der Waals surface area contributed by atoms with Gasteiger partial charge in [-0.05, 0) is 41.5 Å². The molecule has 0 N–H and O–H groups in total. The van der Waals surface area contributed by atoms with Crippen molar-refractivity contribution in [3.8, 4) is 0 Å². The predicted octanol–water partition coefficient (Wildman–Crippen LogP) is 2.92. The molecule has 0 heterocycles. The van der Waals surface area contributed by atoms with Crippen LogP contribution in [0.5, 0.6) is 0 Å². The third-order valence-corrected chi connectivity index (χ3v) is 1.61.